The molecule has 1 aromatic carbocycles. The van der Waals surface area contributed by atoms with Gasteiger partial charge in [0.2, 0.25) is 0 Å². The lowest BCUT2D eigenvalue weighted by atomic mass is 10.2. The number of carbonyl (C=O) groups is 1. The van der Waals surface area contributed by atoms with E-state index in [1.54, 1.807) is 0 Å². The Labute approximate surface area is 123 Å². The van der Waals surface area contributed by atoms with Crippen LogP contribution in [0.5, 0.6) is 0 Å². The van der Waals surface area contributed by atoms with E-state index in [0.717, 1.165) is 0 Å². The van der Waals surface area contributed by atoms with E-state index < -0.39 is 11.7 Å². The van der Waals surface area contributed by atoms with Gasteiger partial charge < -0.3 is 5.73 Å². The van der Waals surface area contributed by atoms with Gasteiger partial charge in [-0.15, -0.1) is 0 Å². The van der Waals surface area contributed by atoms with Crippen LogP contribution in [0.2, 0.25) is 5.02 Å². The van der Waals surface area contributed by atoms with Gasteiger partial charge in [0.1, 0.15) is 5.82 Å². The average molecular weight is 310 g/mol. The largest absolute Gasteiger partial charge is 0.320 e. The summed E-state index contributed by atoms with van der Waals surface area (Å²) in [7, 11) is 0. The molecule has 0 aliphatic carbocycles. The molecule has 0 bridgehead atoms. The van der Waals surface area contributed by atoms with Crippen molar-refractivity contribution in [2.24, 2.45) is 5.73 Å². The maximum atomic E-state index is 13.6. The number of nitrogens with two attached hydrogens (primary N) is 1. The predicted molar refractivity (Wildman–Crippen MR) is 77.4 cm³/mol. The summed E-state index contributed by atoms with van der Waals surface area (Å²) < 4.78 is 13.6. The highest BCUT2D eigenvalue weighted by Gasteiger charge is 2.16. The molecule has 0 aliphatic rings. The summed E-state index contributed by atoms with van der Waals surface area (Å²) in [4.78, 5) is 16.6. The normalized spacial score (nSPS) is 9.75. The monoisotopic (exact) mass is 309 g/mol. The lowest BCUT2D eigenvalue weighted by Gasteiger charge is -2.04. The highest BCUT2D eigenvalue weighted by atomic mass is 35.5. The van der Waals surface area contributed by atoms with Crippen LogP contribution in [-0.4, -0.2) is 17.4 Å². The maximum Gasteiger partial charge on any atom is 0.261 e. The number of anilines is 1. The summed E-state index contributed by atoms with van der Waals surface area (Å²) in [5, 5.41) is 2.84. The topological polar surface area (TPSA) is 68.0 Å². The molecule has 3 N–H and O–H groups in total. The molecule has 1 amide bonds. The number of amides is 1. The lowest BCUT2D eigenvalue weighted by Crippen LogP contribution is -2.14. The summed E-state index contributed by atoms with van der Waals surface area (Å²) in [6.07, 6.45) is 1.51. The fourth-order valence-corrected chi connectivity index (χ4v) is 2.34. The van der Waals surface area contributed by atoms with E-state index in [1.165, 1.54) is 35.7 Å². The molecule has 1 aromatic heterocycles. The highest BCUT2D eigenvalue weighted by molar-refractivity contribution is 7.16. The molecule has 0 fully saturated rings. The van der Waals surface area contributed by atoms with Crippen molar-refractivity contribution >= 4 is 34.0 Å². The zero-order valence-corrected chi connectivity index (χ0v) is 11.7. The van der Waals surface area contributed by atoms with E-state index in [4.69, 9.17) is 17.3 Å². The number of halogens is 2. The van der Waals surface area contributed by atoms with Crippen LogP contribution < -0.4 is 11.1 Å². The lowest BCUT2D eigenvalue weighted by molar-refractivity contribution is 0.102. The molecule has 0 radical (unpaired) electrons. The SMILES string of the molecule is NCC#Cc1cnc(NC(=O)c2c(F)cccc2Cl)s1. The van der Waals surface area contributed by atoms with Gasteiger partial charge in [-0.05, 0) is 12.1 Å². The van der Waals surface area contributed by atoms with E-state index in [9.17, 15) is 9.18 Å². The second-order valence-corrected chi connectivity index (χ2v) is 5.02. The molecule has 0 unspecified atom stereocenters. The molecule has 0 saturated carbocycles. The number of rotatable bonds is 2. The number of hydrogen-bond acceptors (Lipinski definition) is 4. The first-order valence-electron chi connectivity index (χ1n) is 5.52. The van der Waals surface area contributed by atoms with E-state index in [-0.39, 0.29) is 17.1 Å². The molecule has 0 aliphatic heterocycles. The van der Waals surface area contributed by atoms with Crippen LogP contribution in [0.15, 0.2) is 24.4 Å². The molecule has 2 aromatic rings. The van der Waals surface area contributed by atoms with Crippen molar-refractivity contribution in [1.82, 2.24) is 4.98 Å². The molecule has 2 rings (SSSR count). The number of thiazole rings is 1. The van der Waals surface area contributed by atoms with Crippen LogP contribution in [0.4, 0.5) is 9.52 Å². The third kappa shape index (κ3) is 3.33. The van der Waals surface area contributed by atoms with Crippen molar-refractivity contribution in [1.29, 1.82) is 0 Å². The van der Waals surface area contributed by atoms with Crippen molar-refractivity contribution in [3.05, 3.63) is 45.7 Å². The van der Waals surface area contributed by atoms with E-state index in [2.05, 4.69) is 22.1 Å². The van der Waals surface area contributed by atoms with E-state index >= 15 is 0 Å². The van der Waals surface area contributed by atoms with Gasteiger partial charge in [0, 0.05) is 0 Å². The van der Waals surface area contributed by atoms with Crippen molar-refractivity contribution in [2.45, 2.75) is 0 Å². The minimum Gasteiger partial charge on any atom is -0.320 e. The summed E-state index contributed by atoms with van der Waals surface area (Å²) in [5.41, 5.74) is 5.05. The van der Waals surface area contributed by atoms with Gasteiger partial charge >= 0.3 is 0 Å². The second kappa shape index (κ2) is 6.48. The van der Waals surface area contributed by atoms with Crippen LogP contribution in [0.25, 0.3) is 0 Å². The Bertz CT molecular complexity index is 685. The third-order valence-corrected chi connectivity index (χ3v) is 3.37. The summed E-state index contributed by atoms with van der Waals surface area (Å²) in [5.74, 6) is 4.13. The predicted octanol–water partition coefficient (Wildman–Crippen LogP) is 2.50. The zero-order valence-electron chi connectivity index (χ0n) is 10.1. The van der Waals surface area contributed by atoms with Crippen molar-refractivity contribution < 1.29 is 9.18 Å². The van der Waals surface area contributed by atoms with Crippen LogP contribution in [0, 0.1) is 17.7 Å². The Morgan fingerprint density at radius 3 is 3.05 bits per heavy atom. The molecule has 0 saturated heterocycles. The van der Waals surface area contributed by atoms with Gasteiger partial charge in [-0.1, -0.05) is 40.8 Å². The minimum absolute atomic E-state index is 0.0437. The van der Waals surface area contributed by atoms with Crippen LogP contribution in [-0.2, 0) is 0 Å². The fourth-order valence-electron chi connectivity index (χ4n) is 1.40. The van der Waals surface area contributed by atoms with Gasteiger partial charge in [-0.3, -0.25) is 10.1 Å². The fraction of sp³-hybridized carbons (Fsp3) is 0.0769. The summed E-state index contributed by atoms with van der Waals surface area (Å²) in [6, 6.07) is 4.04. The third-order valence-electron chi connectivity index (χ3n) is 2.23. The number of nitrogens with zero attached hydrogens (tertiary/aromatic N) is 1. The zero-order chi connectivity index (χ0) is 14.5. The summed E-state index contributed by atoms with van der Waals surface area (Å²) >= 11 is 6.98. The van der Waals surface area contributed by atoms with Gasteiger partial charge in [-0.2, -0.15) is 0 Å². The molecular weight excluding hydrogens is 301 g/mol. The van der Waals surface area contributed by atoms with Crippen molar-refractivity contribution in [2.75, 3.05) is 11.9 Å². The minimum atomic E-state index is -0.685. The van der Waals surface area contributed by atoms with E-state index in [0.29, 0.717) is 10.0 Å². The van der Waals surface area contributed by atoms with Gasteiger partial charge in [0.25, 0.3) is 5.91 Å². The molecule has 0 spiro atoms. The molecule has 0 atom stereocenters. The highest BCUT2D eigenvalue weighted by Crippen LogP contribution is 2.22. The Balaban J connectivity index is 2.18. The smallest absolute Gasteiger partial charge is 0.261 e. The molecule has 4 nitrogen and oxygen atoms in total. The number of nitrogens with one attached hydrogen (secondary N) is 1. The molecule has 102 valence electrons. The van der Waals surface area contributed by atoms with Gasteiger partial charge in [0.15, 0.2) is 5.13 Å². The average Bonchev–Trinajstić information content (AvgIpc) is 2.83. The van der Waals surface area contributed by atoms with Gasteiger partial charge in [-0.25, -0.2) is 9.37 Å². The van der Waals surface area contributed by atoms with Crippen LogP contribution >= 0.6 is 22.9 Å². The van der Waals surface area contributed by atoms with Crippen LogP contribution in [0.3, 0.4) is 0 Å². The molecule has 20 heavy (non-hydrogen) atoms. The Morgan fingerprint density at radius 2 is 2.35 bits per heavy atom. The summed E-state index contributed by atoms with van der Waals surface area (Å²) in [6.45, 7) is 0.241. The van der Waals surface area contributed by atoms with Crippen molar-refractivity contribution in [3.63, 3.8) is 0 Å². The standard InChI is InChI=1S/C13H9ClFN3OS/c14-9-4-1-5-10(15)11(9)12(19)18-13-17-7-8(20-13)3-2-6-16/h1,4-5,7H,6,16H2,(H,17,18,19). The Morgan fingerprint density at radius 1 is 1.55 bits per heavy atom. The second-order valence-electron chi connectivity index (χ2n) is 3.59. The quantitative estimate of drug-likeness (QED) is 0.838. The maximum absolute atomic E-state index is 13.6. The Hall–Kier alpha value is -1.94. The first-order valence-corrected chi connectivity index (χ1v) is 6.71. The first kappa shape index (κ1) is 14.5. The van der Waals surface area contributed by atoms with Crippen LogP contribution in [0.1, 0.15) is 15.2 Å². The van der Waals surface area contributed by atoms with E-state index in [1.807, 2.05) is 0 Å². The molecule has 1 heterocycles. The number of carbonyl (C=O) groups excluding carboxylic acids is 1. The number of benzene rings is 1. The molecular formula is C13H9ClFN3OS. The molecule has 7 heteroatoms. The van der Waals surface area contributed by atoms with Crippen molar-refractivity contribution in [3.8, 4) is 11.8 Å². The van der Waals surface area contributed by atoms with Gasteiger partial charge in [0.05, 0.1) is 28.2 Å². The first-order chi connectivity index (χ1) is 9.61. The number of hydrogen-bond donors (Lipinski definition) is 2. The Kier molecular flexibility index (Phi) is 4.69. The number of aromatic nitrogens is 1.